The number of rotatable bonds is 7. The van der Waals surface area contributed by atoms with Gasteiger partial charge in [0.1, 0.15) is 6.04 Å². The number of carbonyl (C=O) groups is 2. The van der Waals surface area contributed by atoms with Crippen molar-refractivity contribution in [2.24, 2.45) is 13.0 Å². The lowest BCUT2D eigenvalue weighted by atomic mass is 10.0. The maximum atomic E-state index is 12.8. The standard InChI is InChI=1S/C21H24N4O2/c1-15(2)14-18(25-11-4-5-12-25)21(27)23-17-8-6-16(7-9-17)19(26)20-22-10-13-24(20)3/h4-13,15,18H,14H2,1-3H3,(H,23,27)/t18-/m1/s1. The second-order valence-corrected chi connectivity index (χ2v) is 7.03. The molecule has 0 aliphatic rings. The molecule has 1 aromatic carbocycles. The average molecular weight is 364 g/mol. The fourth-order valence-corrected chi connectivity index (χ4v) is 3.01. The van der Waals surface area contributed by atoms with Crippen molar-refractivity contribution in [3.8, 4) is 0 Å². The first-order valence-electron chi connectivity index (χ1n) is 9.01. The molecule has 1 atom stereocenters. The molecule has 0 unspecified atom stereocenters. The number of imidazole rings is 1. The van der Waals surface area contributed by atoms with Crippen LogP contribution in [-0.2, 0) is 11.8 Å². The van der Waals surface area contributed by atoms with Crippen LogP contribution in [-0.4, -0.2) is 25.8 Å². The maximum Gasteiger partial charge on any atom is 0.247 e. The summed E-state index contributed by atoms with van der Waals surface area (Å²) < 4.78 is 3.61. The first kappa shape index (κ1) is 18.6. The van der Waals surface area contributed by atoms with E-state index < -0.39 is 0 Å². The van der Waals surface area contributed by atoms with Crippen molar-refractivity contribution in [1.82, 2.24) is 14.1 Å². The van der Waals surface area contributed by atoms with Gasteiger partial charge in [-0.15, -0.1) is 0 Å². The van der Waals surface area contributed by atoms with Crippen molar-refractivity contribution in [3.63, 3.8) is 0 Å². The van der Waals surface area contributed by atoms with Gasteiger partial charge in [-0.3, -0.25) is 9.59 Å². The van der Waals surface area contributed by atoms with Crippen molar-refractivity contribution < 1.29 is 9.59 Å². The third kappa shape index (κ3) is 4.34. The molecule has 0 bridgehead atoms. The summed E-state index contributed by atoms with van der Waals surface area (Å²) in [6.45, 7) is 4.20. The Hall–Kier alpha value is -3.15. The molecular formula is C21H24N4O2. The molecule has 0 saturated carbocycles. The van der Waals surface area contributed by atoms with Crippen LogP contribution in [0.3, 0.4) is 0 Å². The highest BCUT2D eigenvalue weighted by Gasteiger charge is 2.21. The number of hydrogen-bond acceptors (Lipinski definition) is 3. The number of aryl methyl sites for hydroxylation is 1. The largest absolute Gasteiger partial charge is 0.342 e. The van der Waals surface area contributed by atoms with E-state index >= 15 is 0 Å². The zero-order valence-corrected chi connectivity index (χ0v) is 15.8. The van der Waals surface area contributed by atoms with E-state index in [0.717, 1.165) is 6.42 Å². The van der Waals surface area contributed by atoms with Gasteiger partial charge in [-0.2, -0.15) is 0 Å². The second kappa shape index (κ2) is 8.03. The van der Waals surface area contributed by atoms with Crippen molar-refractivity contribution in [2.45, 2.75) is 26.3 Å². The number of ketones is 1. The molecule has 0 spiro atoms. The summed E-state index contributed by atoms with van der Waals surface area (Å²) in [4.78, 5) is 29.3. The van der Waals surface area contributed by atoms with Crippen molar-refractivity contribution in [2.75, 3.05) is 5.32 Å². The van der Waals surface area contributed by atoms with E-state index in [1.165, 1.54) is 0 Å². The molecule has 6 heteroatoms. The highest BCUT2D eigenvalue weighted by molar-refractivity contribution is 6.07. The number of nitrogens with zero attached hydrogens (tertiary/aromatic N) is 3. The fourth-order valence-electron chi connectivity index (χ4n) is 3.01. The minimum atomic E-state index is -0.270. The highest BCUT2D eigenvalue weighted by atomic mass is 16.2. The number of benzene rings is 1. The summed E-state index contributed by atoms with van der Waals surface area (Å²) >= 11 is 0. The molecule has 27 heavy (non-hydrogen) atoms. The maximum absolute atomic E-state index is 12.8. The smallest absolute Gasteiger partial charge is 0.247 e. The Labute approximate surface area is 158 Å². The lowest BCUT2D eigenvalue weighted by Gasteiger charge is -2.20. The van der Waals surface area contributed by atoms with Gasteiger partial charge in [0.2, 0.25) is 11.7 Å². The van der Waals surface area contributed by atoms with Crippen LogP contribution in [0.4, 0.5) is 5.69 Å². The summed E-state index contributed by atoms with van der Waals surface area (Å²) in [7, 11) is 1.78. The molecule has 0 aliphatic heterocycles. The van der Waals surface area contributed by atoms with Crippen molar-refractivity contribution in [3.05, 3.63) is 72.6 Å². The van der Waals surface area contributed by atoms with Gasteiger partial charge in [0.15, 0.2) is 5.82 Å². The van der Waals surface area contributed by atoms with Gasteiger partial charge in [-0.05, 0) is 48.7 Å². The van der Waals surface area contributed by atoms with Gasteiger partial charge < -0.3 is 14.5 Å². The molecule has 6 nitrogen and oxygen atoms in total. The van der Waals surface area contributed by atoms with Gasteiger partial charge in [0.25, 0.3) is 0 Å². The van der Waals surface area contributed by atoms with E-state index in [0.29, 0.717) is 23.0 Å². The molecule has 0 radical (unpaired) electrons. The van der Waals surface area contributed by atoms with Gasteiger partial charge in [-0.1, -0.05) is 13.8 Å². The van der Waals surface area contributed by atoms with E-state index in [1.54, 1.807) is 48.3 Å². The molecule has 0 aliphatic carbocycles. The molecule has 1 N–H and O–H groups in total. The first-order chi connectivity index (χ1) is 13.0. The first-order valence-corrected chi connectivity index (χ1v) is 9.01. The Kier molecular flexibility index (Phi) is 5.54. The summed E-state index contributed by atoms with van der Waals surface area (Å²) in [6.07, 6.45) is 7.88. The number of nitrogens with one attached hydrogen (secondary N) is 1. The molecule has 3 rings (SSSR count). The Morgan fingerprint density at radius 3 is 2.30 bits per heavy atom. The van der Waals surface area contributed by atoms with E-state index in [1.807, 2.05) is 29.1 Å². The highest BCUT2D eigenvalue weighted by Crippen LogP contribution is 2.21. The van der Waals surface area contributed by atoms with Crippen LogP contribution in [0.15, 0.2) is 61.2 Å². The van der Waals surface area contributed by atoms with Crippen LogP contribution in [0.5, 0.6) is 0 Å². The summed E-state index contributed by atoms with van der Waals surface area (Å²) in [5, 5.41) is 2.96. The number of anilines is 1. The molecule has 2 heterocycles. The van der Waals surface area contributed by atoms with Crippen molar-refractivity contribution >= 4 is 17.4 Å². The number of hydrogen-bond donors (Lipinski definition) is 1. The van der Waals surface area contributed by atoms with Gasteiger partial charge in [-0.25, -0.2) is 4.98 Å². The lowest BCUT2D eigenvalue weighted by Crippen LogP contribution is -2.26. The van der Waals surface area contributed by atoms with E-state index in [4.69, 9.17) is 0 Å². The monoisotopic (exact) mass is 364 g/mol. The van der Waals surface area contributed by atoms with Gasteiger partial charge in [0.05, 0.1) is 0 Å². The zero-order chi connectivity index (χ0) is 19.4. The van der Waals surface area contributed by atoms with Crippen LogP contribution in [0.1, 0.15) is 42.5 Å². The third-order valence-corrected chi connectivity index (χ3v) is 4.42. The van der Waals surface area contributed by atoms with Crippen LogP contribution in [0.25, 0.3) is 0 Å². The number of aromatic nitrogens is 3. The molecule has 140 valence electrons. The van der Waals surface area contributed by atoms with Crippen LogP contribution in [0.2, 0.25) is 0 Å². The Morgan fingerprint density at radius 1 is 1.07 bits per heavy atom. The van der Waals surface area contributed by atoms with Crippen molar-refractivity contribution in [1.29, 1.82) is 0 Å². The lowest BCUT2D eigenvalue weighted by molar-refractivity contribution is -0.119. The minimum Gasteiger partial charge on any atom is -0.342 e. The van der Waals surface area contributed by atoms with Crippen LogP contribution >= 0.6 is 0 Å². The molecular weight excluding hydrogens is 340 g/mol. The second-order valence-electron chi connectivity index (χ2n) is 7.03. The molecule has 3 aromatic rings. The predicted molar refractivity (Wildman–Crippen MR) is 105 cm³/mol. The van der Waals surface area contributed by atoms with Crippen LogP contribution < -0.4 is 5.32 Å². The average Bonchev–Trinajstić information content (AvgIpc) is 3.31. The molecule has 0 saturated heterocycles. The summed E-state index contributed by atoms with van der Waals surface area (Å²) in [6, 6.07) is 10.5. The van der Waals surface area contributed by atoms with Gasteiger partial charge >= 0.3 is 0 Å². The fraction of sp³-hybridized carbons (Fsp3) is 0.286. The number of amides is 1. The normalized spacial score (nSPS) is 12.1. The molecule has 2 aromatic heterocycles. The zero-order valence-electron chi connectivity index (χ0n) is 15.8. The minimum absolute atomic E-state index is 0.0666. The van der Waals surface area contributed by atoms with Crippen LogP contribution in [0, 0.1) is 5.92 Å². The molecule has 0 fully saturated rings. The van der Waals surface area contributed by atoms with Gasteiger partial charge in [0, 0.05) is 43.1 Å². The van der Waals surface area contributed by atoms with E-state index in [-0.39, 0.29) is 17.7 Å². The SMILES string of the molecule is CC(C)C[C@H](C(=O)Nc1ccc(C(=O)c2nccn2C)cc1)n1cccc1. The Bertz CT molecular complexity index is 908. The third-order valence-electron chi connectivity index (χ3n) is 4.42. The molecule has 1 amide bonds. The number of carbonyl (C=O) groups excluding carboxylic acids is 2. The Morgan fingerprint density at radius 2 is 1.74 bits per heavy atom. The summed E-state index contributed by atoms with van der Waals surface area (Å²) in [5.41, 5.74) is 1.20. The predicted octanol–water partition coefficient (Wildman–Crippen LogP) is 3.68. The quantitative estimate of drug-likeness (QED) is 0.650. The summed E-state index contributed by atoms with van der Waals surface area (Å²) in [5.74, 6) is 0.561. The Balaban J connectivity index is 1.72. The van der Waals surface area contributed by atoms with E-state index in [2.05, 4.69) is 24.1 Å². The topological polar surface area (TPSA) is 68.9 Å². The van der Waals surface area contributed by atoms with E-state index in [9.17, 15) is 9.59 Å².